The monoisotopic (exact) mass is 260 g/mol. The van der Waals surface area contributed by atoms with Crippen molar-refractivity contribution >= 4 is 0 Å². The first-order chi connectivity index (χ1) is 8.89. The van der Waals surface area contributed by atoms with Gasteiger partial charge in [0.15, 0.2) is 0 Å². The van der Waals surface area contributed by atoms with Crippen molar-refractivity contribution in [2.45, 2.75) is 59.0 Å². The molecule has 0 amide bonds. The van der Waals surface area contributed by atoms with Crippen molar-refractivity contribution in [2.24, 2.45) is 17.8 Å². The Morgan fingerprint density at radius 1 is 1.21 bits per heavy atom. The molecular formula is C18H28O. The van der Waals surface area contributed by atoms with Crippen LogP contribution in [0.1, 0.15) is 58.1 Å². The third kappa shape index (κ3) is 3.60. The van der Waals surface area contributed by atoms with Crippen LogP contribution in [0.25, 0.3) is 0 Å². The van der Waals surface area contributed by atoms with Gasteiger partial charge in [-0.05, 0) is 54.6 Å². The highest BCUT2D eigenvalue weighted by Crippen LogP contribution is 2.42. The van der Waals surface area contributed by atoms with Crippen LogP contribution in [0, 0.1) is 17.8 Å². The standard InChI is InChI=1S/C18H28O/c1-13(2)8-16-6-5-7-17(10-16)18(19)11-14(3)9-15(4)12-18/h5-7,10,13-15,19H,8-9,11-12H2,1-4H3. The van der Waals surface area contributed by atoms with Gasteiger partial charge in [0.25, 0.3) is 0 Å². The number of hydrogen-bond donors (Lipinski definition) is 1. The number of benzene rings is 1. The molecule has 0 spiro atoms. The molecule has 2 rings (SSSR count). The highest BCUT2D eigenvalue weighted by atomic mass is 16.3. The summed E-state index contributed by atoms with van der Waals surface area (Å²) in [6, 6.07) is 8.62. The molecule has 1 aromatic carbocycles. The summed E-state index contributed by atoms with van der Waals surface area (Å²) in [5.74, 6) is 1.89. The Balaban J connectivity index is 2.24. The van der Waals surface area contributed by atoms with Gasteiger partial charge in [0.1, 0.15) is 0 Å². The van der Waals surface area contributed by atoms with Crippen LogP contribution in [0.15, 0.2) is 24.3 Å². The Morgan fingerprint density at radius 2 is 1.84 bits per heavy atom. The molecule has 1 aliphatic rings. The minimum atomic E-state index is -0.607. The van der Waals surface area contributed by atoms with Crippen LogP contribution >= 0.6 is 0 Å². The number of aliphatic hydroxyl groups is 1. The Bertz CT molecular complexity index is 411. The molecule has 0 aromatic heterocycles. The first-order valence-electron chi connectivity index (χ1n) is 7.71. The summed E-state index contributed by atoms with van der Waals surface area (Å²) in [5, 5.41) is 11.0. The van der Waals surface area contributed by atoms with Gasteiger partial charge in [-0.1, -0.05) is 52.0 Å². The lowest BCUT2D eigenvalue weighted by molar-refractivity contribution is -0.0363. The summed E-state index contributed by atoms with van der Waals surface area (Å²) in [7, 11) is 0. The van der Waals surface area contributed by atoms with Crippen LogP contribution in [-0.2, 0) is 12.0 Å². The number of rotatable bonds is 3. The summed E-state index contributed by atoms with van der Waals surface area (Å²) < 4.78 is 0. The molecule has 0 radical (unpaired) electrons. The van der Waals surface area contributed by atoms with Crippen molar-refractivity contribution in [1.29, 1.82) is 0 Å². The van der Waals surface area contributed by atoms with E-state index in [4.69, 9.17) is 0 Å². The highest BCUT2D eigenvalue weighted by molar-refractivity contribution is 5.29. The van der Waals surface area contributed by atoms with Gasteiger partial charge in [-0.2, -0.15) is 0 Å². The fourth-order valence-electron chi connectivity index (χ4n) is 3.78. The van der Waals surface area contributed by atoms with Gasteiger partial charge in [-0.25, -0.2) is 0 Å². The Kier molecular flexibility index (Phi) is 4.35. The van der Waals surface area contributed by atoms with Gasteiger partial charge in [0.05, 0.1) is 5.60 Å². The largest absolute Gasteiger partial charge is 0.385 e. The van der Waals surface area contributed by atoms with E-state index in [1.54, 1.807) is 0 Å². The van der Waals surface area contributed by atoms with Crippen molar-refractivity contribution < 1.29 is 5.11 Å². The van der Waals surface area contributed by atoms with Gasteiger partial charge < -0.3 is 5.11 Å². The van der Waals surface area contributed by atoms with Crippen LogP contribution in [0.2, 0.25) is 0 Å². The molecule has 0 heterocycles. The van der Waals surface area contributed by atoms with Crippen LogP contribution in [0.4, 0.5) is 0 Å². The van der Waals surface area contributed by atoms with Gasteiger partial charge in [0.2, 0.25) is 0 Å². The van der Waals surface area contributed by atoms with E-state index in [9.17, 15) is 5.11 Å². The molecule has 1 aromatic rings. The Morgan fingerprint density at radius 3 is 2.42 bits per heavy atom. The molecule has 1 saturated carbocycles. The summed E-state index contributed by atoms with van der Waals surface area (Å²) in [6.45, 7) is 9.01. The molecule has 0 bridgehead atoms. The van der Waals surface area contributed by atoms with E-state index in [0.717, 1.165) is 24.8 Å². The van der Waals surface area contributed by atoms with Crippen LogP contribution in [0.3, 0.4) is 0 Å². The normalized spacial score (nSPS) is 31.7. The van der Waals surface area contributed by atoms with Gasteiger partial charge >= 0.3 is 0 Å². The lowest BCUT2D eigenvalue weighted by Crippen LogP contribution is -2.35. The molecule has 1 heteroatoms. The minimum absolute atomic E-state index is 0.607. The average molecular weight is 260 g/mol. The minimum Gasteiger partial charge on any atom is -0.385 e. The van der Waals surface area contributed by atoms with Gasteiger partial charge in [-0.3, -0.25) is 0 Å². The first-order valence-corrected chi connectivity index (χ1v) is 7.71. The second-order valence-electron chi connectivity index (χ2n) is 7.18. The smallest absolute Gasteiger partial charge is 0.0901 e. The van der Waals surface area contributed by atoms with E-state index in [0.29, 0.717) is 17.8 Å². The maximum atomic E-state index is 11.0. The third-order valence-electron chi connectivity index (χ3n) is 4.29. The molecule has 2 atom stereocenters. The lowest BCUT2D eigenvalue weighted by Gasteiger charge is -2.39. The van der Waals surface area contributed by atoms with Gasteiger partial charge in [0, 0.05) is 0 Å². The zero-order chi connectivity index (χ0) is 14.0. The van der Waals surface area contributed by atoms with E-state index in [1.165, 1.54) is 12.0 Å². The fourth-order valence-corrected chi connectivity index (χ4v) is 3.78. The maximum absolute atomic E-state index is 11.0. The maximum Gasteiger partial charge on any atom is 0.0901 e. The molecule has 2 unspecified atom stereocenters. The SMILES string of the molecule is CC(C)Cc1cccc(C2(O)CC(C)CC(C)C2)c1. The number of hydrogen-bond acceptors (Lipinski definition) is 1. The van der Waals surface area contributed by atoms with Crippen LogP contribution in [0.5, 0.6) is 0 Å². The van der Waals surface area contributed by atoms with Crippen molar-refractivity contribution in [3.63, 3.8) is 0 Å². The van der Waals surface area contributed by atoms with E-state index < -0.39 is 5.60 Å². The van der Waals surface area contributed by atoms with Crippen molar-refractivity contribution in [1.82, 2.24) is 0 Å². The van der Waals surface area contributed by atoms with Crippen molar-refractivity contribution in [3.05, 3.63) is 35.4 Å². The summed E-state index contributed by atoms with van der Waals surface area (Å²) in [6.07, 6.45) is 4.15. The van der Waals surface area contributed by atoms with E-state index in [2.05, 4.69) is 52.0 Å². The lowest BCUT2D eigenvalue weighted by atomic mass is 9.70. The molecule has 0 aliphatic heterocycles. The summed E-state index contributed by atoms with van der Waals surface area (Å²) >= 11 is 0. The predicted molar refractivity (Wildman–Crippen MR) is 81.1 cm³/mol. The molecule has 106 valence electrons. The fraction of sp³-hybridized carbons (Fsp3) is 0.667. The van der Waals surface area contributed by atoms with Gasteiger partial charge in [-0.15, -0.1) is 0 Å². The van der Waals surface area contributed by atoms with E-state index in [1.807, 2.05) is 0 Å². The molecule has 1 fully saturated rings. The molecule has 1 aliphatic carbocycles. The quantitative estimate of drug-likeness (QED) is 0.846. The molecular weight excluding hydrogens is 232 g/mol. The van der Waals surface area contributed by atoms with E-state index in [-0.39, 0.29) is 0 Å². The second-order valence-corrected chi connectivity index (χ2v) is 7.18. The zero-order valence-corrected chi connectivity index (χ0v) is 12.8. The van der Waals surface area contributed by atoms with Crippen molar-refractivity contribution in [3.8, 4) is 0 Å². The summed E-state index contributed by atoms with van der Waals surface area (Å²) in [5.41, 5.74) is 1.88. The Hall–Kier alpha value is -0.820. The predicted octanol–water partition coefficient (Wildman–Crippen LogP) is 4.53. The molecule has 19 heavy (non-hydrogen) atoms. The topological polar surface area (TPSA) is 20.2 Å². The van der Waals surface area contributed by atoms with Crippen LogP contribution in [-0.4, -0.2) is 5.11 Å². The third-order valence-corrected chi connectivity index (χ3v) is 4.29. The molecule has 1 N–H and O–H groups in total. The summed E-state index contributed by atoms with van der Waals surface area (Å²) in [4.78, 5) is 0. The second kappa shape index (κ2) is 5.66. The highest BCUT2D eigenvalue weighted by Gasteiger charge is 2.37. The van der Waals surface area contributed by atoms with Crippen molar-refractivity contribution in [2.75, 3.05) is 0 Å². The molecule has 0 saturated heterocycles. The van der Waals surface area contributed by atoms with E-state index >= 15 is 0 Å². The van der Waals surface area contributed by atoms with Crippen LogP contribution < -0.4 is 0 Å². The Labute approximate surface area is 118 Å². The first kappa shape index (κ1) is 14.6. The molecule has 1 nitrogen and oxygen atoms in total. The average Bonchev–Trinajstić information content (AvgIpc) is 2.26. The zero-order valence-electron chi connectivity index (χ0n) is 12.8.